The zero-order valence-electron chi connectivity index (χ0n) is 30.7. The maximum Gasteiger partial charge on any atom is 0.217 e. The van der Waals surface area contributed by atoms with Gasteiger partial charge in [-0.05, 0) is 20.8 Å². The molecule has 25 atom stereocenters. The maximum absolute atomic E-state index is 12.2. The highest BCUT2D eigenvalue weighted by atomic mass is 16.8. The van der Waals surface area contributed by atoms with Crippen molar-refractivity contribution in [1.82, 2.24) is 5.32 Å². The lowest BCUT2D eigenvalue weighted by molar-refractivity contribution is -0.408. The van der Waals surface area contributed by atoms with Crippen LogP contribution in [0.3, 0.4) is 0 Å². The summed E-state index contributed by atoms with van der Waals surface area (Å²) in [4.78, 5) is 12.2. The number of rotatable bonds is 11. The van der Waals surface area contributed by atoms with E-state index in [4.69, 9.17) is 42.6 Å². The molecule has 5 aliphatic heterocycles. The van der Waals surface area contributed by atoms with E-state index < -0.39 is 173 Å². The number of aliphatic hydroxyl groups excluding tert-OH is 13. The molecule has 0 aromatic heterocycles. The Balaban J connectivity index is 1.53. The first-order valence-corrected chi connectivity index (χ1v) is 18.2. The molecule has 5 saturated heterocycles. The van der Waals surface area contributed by atoms with Gasteiger partial charge in [0.25, 0.3) is 0 Å². The minimum atomic E-state index is -2.01. The third-order valence-electron chi connectivity index (χ3n) is 10.6. The lowest BCUT2D eigenvalue weighted by Crippen LogP contribution is -2.69. The van der Waals surface area contributed by atoms with E-state index >= 15 is 0 Å². The molecule has 0 aromatic carbocycles. The molecule has 24 nitrogen and oxygen atoms in total. The van der Waals surface area contributed by atoms with Crippen molar-refractivity contribution >= 4 is 5.91 Å². The van der Waals surface area contributed by atoms with Crippen LogP contribution in [-0.4, -0.2) is 239 Å². The molecule has 0 bridgehead atoms. The topological polar surface area (TPSA) is 375 Å². The highest BCUT2D eigenvalue weighted by Crippen LogP contribution is 2.37. The summed E-state index contributed by atoms with van der Waals surface area (Å²) in [5.41, 5.74) is 0. The lowest BCUT2D eigenvalue weighted by Gasteiger charge is -2.51. The van der Waals surface area contributed by atoms with Crippen LogP contribution in [0.5, 0.6) is 0 Å². The van der Waals surface area contributed by atoms with Gasteiger partial charge < -0.3 is 114 Å². The van der Waals surface area contributed by atoms with Crippen LogP contribution in [0.15, 0.2) is 0 Å². The van der Waals surface area contributed by atoms with E-state index in [-0.39, 0.29) is 0 Å². The third kappa shape index (κ3) is 9.31. The molecule has 0 aliphatic carbocycles. The summed E-state index contributed by atoms with van der Waals surface area (Å²) in [5.74, 6) is -0.737. The fraction of sp³-hybridized carbons (Fsp3) is 0.969. The van der Waals surface area contributed by atoms with Crippen LogP contribution in [-0.2, 0) is 47.4 Å². The van der Waals surface area contributed by atoms with Gasteiger partial charge in [0.1, 0.15) is 104 Å². The van der Waals surface area contributed by atoms with Gasteiger partial charge in [0, 0.05) is 6.92 Å². The van der Waals surface area contributed by atoms with Crippen LogP contribution < -0.4 is 5.32 Å². The molecule has 0 aromatic rings. The molecule has 0 radical (unpaired) electrons. The van der Waals surface area contributed by atoms with E-state index in [2.05, 4.69) is 5.32 Å². The molecule has 56 heavy (non-hydrogen) atoms. The molecule has 5 heterocycles. The molecule has 326 valence electrons. The van der Waals surface area contributed by atoms with Gasteiger partial charge in [-0.2, -0.15) is 0 Å². The Bertz CT molecular complexity index is 1260. The Hall–Kier alpha value is -1.41. The van der Waals surface area contributed by atoms with Crippen LogP contribution >= 0.6 is 0 Å². The smallest absolute Gasteiger partial charge is 0.217 e. The van der Waals surface area contributed by atoms with Crippen LogP contribution in [0.2, 0.25) is 0 Å². The summed E-state index contributed by atoms with van der Waals surface area (Å²) in [6.07, 6.45) is -41.1. The third-order valence-corrected chi connectivity index (χ3v) is 10.6. The molecule has 14 N–H and O–H groups in total. The number of amides is 1. The number of hydrogen-bond donors (Lipinski definition) is 14. The Morgan fingerprint density at radius 2 is 0.929 bits per heavy atom. The van der Waals surface area contributed by atoms with Crippen molar-refractivity contribution in [2.75, 3.05) is 13.2 Å². The summed E-state index contributed by atoms with van der Waals surface area (Å²) in [5, 5.41) is 141. The van der Waals surface area contributed by atoms with Gasteiger partial charge in [0.15, 0.2) is 31.5 Å². The minimum Gasteiger partial charge on any atom is -0.394 e. The number of carbonyl (C=O) groups is 1. The van der Waals surface area contributed by atoms with Gasteiger partial charge in [-0.1, -0.05) is 0 Å². The second-order valence-electron chi connectivity index (χ2n) is 14.6. The number of ether oxygens (including phenoxy) is 9. The average molecular weight is 822 g/mol. The number of nitrogens with one attached hydrogen (secondary N) is 1. The monoisotopic (exact) mass is 821 g/mol. The zero-order chi connectivity index (χ0) is 41.5. The molecular weight excluding hydrogens is 766 g/mol. The minimum absolute atomic E-state index is 0.737. The molecule has 1 amide bonds. The highest BCUT2D eigenvalue weighted by molar-refractivity contribution is 5.73. The van der Waals surface area contributed by atoms with Crippen LogP contribution in [0, 0.1) is 0 Å². The fourth-order valence-corrected chi connectivity index (χ4v) is 7.21. The van der Waals surface area contributed by atoms with Crippen molar-refractivity contribution in [2.24, 2.45) is 0 Å². The fourth-order valence-electron chi connectivity index (χ4n) is 7.21. The summed E-state index contributed by atoms with van der Waals surface area (Å²) < 4.78 is 52.2. The molecule has 5 fully saturated rings. The first-order valence-electron chi connectivity index (χ1n) is 18.2. The van der Waals surface area contributed by atoms with Gasteiger partial charge in [0.05, 0.1) is 31.5 Å². The Kier molecular flexibility index (Phi) is 15.4. The van der Waals surface area contributed by atoms with E-state index in [0.717, 1.165) is 6.92 Å². The summed E-state index contributed by atoms with van der Waals surface area (Å²) in [6, 6.07) is -1.59. The van der Waals surface area contributed by atoms with Gasteiger partial charge in [-0.15, -0.1) is 0 Å². The Labute approximate surface area is 319 Å². The Morgan fingerprint density at radius 3 is 1.52 bits per heavy atom. The van der Waals surface area contributed by atoms with Crippen LogP contribution in [0.25, 0.3) is 0 Å². The quantitative estimate of drug-likeness (QED) is 0.0920. The van der Waals surface area contributed by atoms with Gasteiger partial charge in [-0.3, -0.25) is 4.79 Å². The largest absolute Gasteiger partial charge is 0.394 e. The molecule has 0 saturated carbocycles. The summed E-state index contributed by atoms with van der Waals surface area (Å²) in [6.45, 7) is 3.43. The number of carbonyl (C=O) groups excluding carboxylic acids is 1. The van der Waals surface area contributed by atoms with E-state index in [0.29, 0.717) is 0 Å². The molecule has 5 aliphatic rings. The Morgan fingerprint density at radius 1 is 0.464 bits per heavy atom. The van der Waals surface area contributed by atoms with Crippen molar-refractivity contribution in [3.63, 3.8) is 0 Å². The van der Waals surface area contributed by atoms with Gasteiger partial charge in [-0.25, -0.2) is 0 Å². The van der Waals surface area contributed by atoms with Gasteiger partial charge >= 0.3 is 0 Å². The predicted octanol–water partition coefficient (Wildman–Crippen LogP) is -8.70. The lowest BCUT2D eigenvalue weighted by atomic mass is 9.95. The molecule has 10 unspecified atom stereocenters. The maximum atomic E-state index is 12.2. The van der Waals surface area contributed by atoms with Crippen molar-refractivity contribution < 1.29 is 114 Å². The second kappa shape index (κ2) is 18.9. The van der Waals surface area contributed by atoms with Crippen LogP contribution in [0.4, 0.5) is 0 Å². The van der Waals surface area contributed by atoms with Crippen molar-refractivity contribution in [3.05, 3.63) is 0 Å². The van der Waals surface area contributed by atoms with E-state index in [1.165, 1.54) is 20.8 Å². The molecule has 5 rings (SSSR count). The molecular formula is C32H55NO23. The number of hydrogen-bond acceptors (Lipinski definition) is 23. The van der Waals surface area contributed by atoms with E-state index in [9.17, 15) is 71.2 Å². The SMILES string of the molecule is CC(=O)NC1[C@H](OC2[C@H](OC3[C@H](O[C@@H]4C(O)[C@H](O)OC(C)[C@@H]4O)OC(C)[C@H](O)[C@@H]3O)OC(C)[C@H](O)[C@@H]2O[C@H]2O[C@@H](CO)[C@@H](O)C(O)C2O)OC(CO)[C@@H](O)[C@@H]1O. The zero-order valence-corrected chi connectivity index (χ0v) is 30.7. The summed E-state index contributed by atoms with van der Waals surface area (Å²) >= 11 is 0. The predicted molar refractivity (Wildman–Crippen MR) is 174 cm³/mol. The molecule has 0 spiro atoms. The standard InChI is InChI=1S/C32H55NO23/c1-7-14(37)21(44)26(31(49-7)53-24-15(38)8(2)48-28(47)23(24)46)55-32-27(56-29-13(33-10(4)36)19(42)17(40)11(5-34)51-29)25(16(39)9(3)50-32)54-30-22(45)20(43)18(41)12(6-35)52-30/h7-9,11-32,34-35,37-47H,5-6H2,1-4H3,(H,33,36)/t7?,8?,9?,11?,12-,13?,14-,15-,16-,17+,18+,19+,20?,21-,22?,23?,24-,25-,26?,27?,28+,29-,30+,31-,32-/m0/s1. The van der Waals surface area contributed by atoms with Crippen molar-refractivity contribution in [1.29, 1.82) is 0 Å². The molecule has 24 heteroatoms. The van der Waals surface area contributed by atoms with Crippen molar-refractivity contribution in [2.45, 2.75) is 181 Å². The first-order chi connectivity index (χ1) is 26.3. The highest BCUT2D eigenvalue weighted by Gasteiger charge is 2.57. The van der Waals surface area contributed by atoms with Crippen LogP contribution in [0.1, 0.15) is 27.7 Å². The first kappa shape index (κ1) is 45.7. The second-order valence-corrected chi connectivity index (χ2v) is 14.6. The number of aliphatic hydroxyl groups is 13. The van der Waals surface area contributed by atoms with Gasteiger partial charge in [0.2, 0.25) is 5.91 Å². The average Bonchev–Trinajstić information content (AvgIpc) is 3.15. The normalized spacial score (nSPS) is 53.1. The van der Waals surface area contributed by atoms with E-state index in [1.807, 2.05) is 0 Å². The van der Waals surface area contributed by atoms with Crippen molar-refractivity contribution in [3.8, 4) is 0 Å². The van der Waals surface area contributed by atoms with E-state index in [1.54, 1.807) is 0 Å². The summed E-state index contributed by atoms with van der Waals surface area (Å²) in [7, 11) is 0.